The summed E-state index contributed by atoms with van der Waals surface area (Å²) >= 11 is 1.84. The van der Waals surface area contributed by atoms with E-state index in [1.807, 2.05) is 11.3 Å². The highest BCUT2D eigenvalue weighted by Crippen LogP contribution is 2.34. The largest absolute Gasteiger partial charge is 0.329 e. The number of hydrogen-bond acceptors (Lipinski definition) is 3. The molecule has 1 aliphatic rings. The van der Waals surface area contributed by atoms with Crippen molar-refractivity contribution in [2.45, 2.75) is 44.8 Å². The zero-order chi connectivity index (χ0) is 10.9. The molecule has 2 N–H and O–H groups in total. The highest BCUT2D eigenvalue weighted by atomic mass is 32.1. The van der Waals surface area contributed by atoms with E-state index in [1.165, 1.54) is 17.7 Å². The molecule has 1 fully saturated rings. The third kappa shape index (κ3) is 2.60. The van der Waals surface area contributed by atoms with Crippen LogP contribution in [0.3, 0.4) is 0 Å². The fourth-order valence-corrected chi connectivity index (χ4v) is 2.61. The molecule has 2 rings (SSSR count). The maximum atomic E-state index is 5.86. The molecule has 0 radical (unpaired) electrons. The van der Waals surface area contributed by atoms with Gasteiger partial charge in [0.15, 0.2) is 0 Å². The lowest BCUT2D eigenvalue weighted by atomic mass is 10.0. The molecule has 84 valence electrons. The van der Waals surface area contributed by atoms with Gasteiger partial charge < -0.3 is 5.73 Å². The summed E-state index contributed by atoms with van der Waals surface area (Å²) in [4.78, 5) is 4.02. The van der Waals surface area contributed by atoms with Gasteiger partial charge in [-0.3, -0.25) is 4.90 Å². The Morgan fingerprint density at radius 2 is 2.27 bits per heavy atom. The molecule has 15 heavy (non-hydrogen) atoms. The Morgan fingerprint density at radius 1 is 1.53 bits per heavy atom. The fourth-order valence-electron chi connectivity index (χ4n) is 1.91. The van der Waals surface area contributed by atoms with Crippen molar-refractivity contribution in [3.63, 3.8) is 0 Å². The second kappa shape index (κ2) is 4.24. The van der Waals surface area contributed by atoms with E-state index in [0.717, 1.165) is 19.1 Å². The van der Waals surface area contributed by atoms with Gasteiger partial charge in [0.05, 0.1) is 0 Å². The van der Waals surface area contributed by atoms with Gasteiger partial charge in [0, 0.05) is 29.5 Å². The van der Waals surface area contributed by atoms with E-state index in [1.54, 1.807) is 0 Å². The van der Waals surface area contributed by atoms with Crippen LogP contribution in [0.15, 0.2) is 17.5 Å². The van der Waals surface area contributed by atoms with Crippen molar-refractivity contribution in [2.24, 2.45) is 5.73 Å². The van der Waals surface area contributed by atoms with Gasteiger partial charge in [-0.2, -0.15) is 0 Å². The molecular weight excluding hydrogens is 204 g/mol. The van der Waals surface area contributed by atoms with Crippen LogP contribution in [0.1, 0.15) is 31.6 Å². The normalized spacial score (nSPS) is 17.3. The van der Waals surface area contributed by atoms with Crippen molar-refractivity contribution >= 4 is 11.3 Å². The van der Waals surface area contributed by atoms with Crippen molar-refractivity contribution in [2.75, 3.05) is 6.54 Å². The van der Waals surface area contributed by atoms with Crippen LogP contribution in [-0.2, 0) is 6.54 Å². The minimum atomic E-state index is 0.130. The first-order chi connectivity index (χ1) is 7.13. The van der Waals surface area contributed by atoms with E-state index in [9.17, 15) is 0 Å². The van der Waals surface area contributed by atoms with Crippen LogP contribution in [0.5, 0.6) is 0 Å². The quantitative estimate of drug-likeness (QED) is 0.832. The maximum absolute atomic E-state index is 5.86. The molecule has 0 bridgehead atoms. The number of nitrogens with zero attached hydrogens (tertiary/aromatic N) is 1. The minimum Gasteiger partial charge on any atom is -0.329 e. The number of rotatable bonds is 5. The molecule has 2 nitrogen and oxygen atoms in total. The standard InChI is InChI=1S/C12H20N2S/c1-12(2,9-13)14(10-5-6-10)8-11-4-3-7-15-11/h3-4,7,10H,5-6,8-9,13H2,1-2H3. The number of thiophene rings is 1. The highest BCUT2D eigenvalue weighted by molar-refractivity contribution is 7.09. The zero-order valence-corrected chi connectivity index (χ0v) is 10.4. The van der Waals surface area contributed by atoms with Gasteiger partial charge in [-0.1, -0.05) is 6.07 Å². The number of nitrogens with two attached hydrogens (primary N) is 1. The Bertz CT molecular complexity index is 301. The van der Waals surface area contributed by atoms with Crippen LogP contribution in [0.25, 0.3) is 0 Å². The number of hydrogen-bond donors (Lipinski definition) is 1. The van der Waals surface area contributed by atoms with Crippen molar-refractivity contribution < 1.29 is 0 Å². The van der Waals surface area contributed by atoms with Gasteiger partial charge in [0.1, 0.15) is 0 Å². The Kier molecular flexibility index (Phi) is 3.14. The Balaban J connectivity index is 2.07. The average molecular weight is 224 g/mol. The first-order valence-electron chi connectivity index (χ1n) is 5.63. The molecule has 0 saturated heterocycles. The molecule has 3 heteroatoms. The molecule has 1 heterocycles. The van der Waals surface area contributed by atoms with Crippen LogP contribution in [0, 0.1) is 0 Å². The topological polar surface area (TPSA) is 29.3 Å². The van der Waals surface area contributed by atoms with Gasteiger partial charge >= 0.3 is 0 Å². The summed E-state index contributed by atoms with van der Waals surface area (Å²) < 4.78 is 0. The Hall–Kier alpha value is -0.380. The second-order valence-corrected chi connectivity index (χ2v) is 5.99. The lowest BCUT2D eigenvalue weighted by molar-refractivity contribution is 0.110. The van der Waals surface area contributed by atoms with Gasteiger partial charge in [0.2, 0.25) is 0 Å². The van der Waals surface area contributed by atoms with Crippen LogP contribution in [0.2, 0.25) is 0 Å². The molecule has 0 aliphatic heterocycles. The summed E-state index contributed by atoms with van der Waals surface area (Å²) in [5.74, 6) is 0. The van der Waals surface area contributed by atoms with E-state index in [4.69, 9.17) is 5.73 Å². The fraction of sp³-hybridized carbons (Fsp3) is 0.667. The van der Waals surface area contributed by atoms with E-state index >= 15 is 0 Å². The summed E-state index contributed by atoms with van der Waals surface area (Å²) in [6.07, 6.45) is 2.68. The SMILES string of the molecule is CC(C)(CN)N(Cc1cccs1)C1CC1. The molecule has 0 amide bonds. The average Bonchev–Trinajstić information content (AvgIpc) is 2.92. The molecule has 1 aliphatic carbocycles. The second-order valence-electron chi connectivity index (χ2n) is 4.95. The molecule has 1 aromatic rings. The van der Waals surface area contributed by atoms with Gasteiger partial charge in [-0.25, -0.2) is 0 Å². The zero-order valence-electron chi connectivity index (χ0n) is 9.57. The summed E-state index contributed by atoms with van der Waals surface area (Å²) in [5.41, 5.74) is 5.99. The van der Waals surface area contributed by atoms with Gasteiger partial charge in [-0.15, -0.1) is 11.3 Å². The van der Waals surface area contributed by atoms with Crippen LogP contribution in [0.4, 0.5) is 0 Å². The Labute approximate surface area is 96.1 Å². The third-order valence-electron chi connectivity index (χ3n) is 3.17. The maximum Gasteiger partial charge on any atom is 0.0336 e. The molecule has 0 unspecified atom stereocenters. The predicted octanol–water partition coefficient (Wildman–Crippen LogP) is 2.45. The third-order valence-corrected chi connectivity index (χ3v) is 4.03. The molecule has 0 spiro atoms. The van der Waals surface area contributed by atoms with Crippen molar-refractivity contribution in [1.82, 2.24) is 4.90 Å². The first kappa shape index (κ1) is 11.1. The van der Waals surface area contributed by atoms with Crippen LogP contribution < -0.4 is 5.73 Å². The van der Waals surface area contributed by atoms with Gasteiger partial charge in [0.25, 0.3) is 0 Å². The van der Waals surface area contributed by atoms with E-state index in [-0.39, 0.29) is 5.54 Å². The van der Waals surface area contributed by atoms with Crippen molar-refractivity contribution in [3.8, 4) is 0 Å². The Morgan fingerprint density at radius 3 is 2.73 bits per heavy atom. The summed E-state index contributed by atoms with van der Waals surface area (Å²) in [6, 6.07) is 5.11. The van der Waals surface area contributed by atoms with Crippen molar-refractivity contribution in [3.05, 3.63) is 22.4 Å². The van der Waals surface area contributed by atoms with E-state index in [2.05, 4.69) is 36.3 Å². The van der Waals surface area contributed by atoms with Crippen LogP contribution in [-0.4, -0.2) is 23.0 Å². The first-order valence-corrected chi connectivity index (χ1v) is 6.50. The molecule has 1 saturated carbocycles. The molecule has 0 aromatic carbocycles. The summed E-state index contributed by atoms with van der Waals surface area (Å²) in [7, 11) is 0. The smallest absolute Gasteiger partial charge is 0.0336 e. The molecule has 0 atom stereocenters. The lowest BCUT2D eigenvalue weighted by Gasteiger charge is -2.37. The van der Waals surface area contributed by atoms with E-state index < -0.39 is 0 Å². The summed E-state index contributed by atoms with van der Waals surface area (Å²) in [5, 5.41) is 2.15. The van der Waals surface area contributed by atoms with E-state index in [0.29, 0.717) is 0 Å². The lowest BCUT2D eigenvalue weighted by Crippen LogP contribution is -2.49. The van der Waals surface area contributed by atoms with Gasteiger partial charge in [-0.05, 0) is 38.1 Å². The monoisotopic (exact) mass is 224 g/mol. The van der Waals surface area contributed by atoms with Crippen molar-refractivity contribution in [1.29, 1.82) is 0 Å². The highest BCUT2D eigenvalue weighted by Gasteiger charge is 2.37. The molecular formula is C12H20N2S. The van der Waals surface area contributed by atoms with Crippen LogP contribution >= 0.6 is 11.3 Å². The minimum absolute atomic E-state index is 0.130. The predicted molar refractivity (Wildman–Crippen MR) is 66.0 cm³/mol. The summed E-state index contributed by atoms with van der Waals surface area (Å²) in [6.45, 7) is 6.29. The molecule has 1 aromatic heterocycles.